The van der Waals surface area contributed by atoms with Crippen molar-refractivity contribution in [2.45, 2.75) is 45.3 Å². The number of rotatable bonds is 6. The Morgan fingerprint density at radius 2 is 2.14 bits per heavy atom. The van der Waals surface area contributed by atoms with Gasteiger partial charge >= 0.3 is 0 Å². The molecule has 0 radical (unpaired) electrons. The standard InChI is InChI=1S/C15H21N5OS/c1-5-12(4)16-14(21)9-22-15-17-18-19-20(15)13-7-6-10(2)11(3)8-13/h6-8,12H,5,9H2,1-4H3,(H,16,21)/t12-/m0/s1. The average molecular weight is 319 g/mol. The van der Waals surface area contributed by atoms with E-state index in [2.05, 4.69) is 34.7 Å². The number of nitrogens with one attached hydrogen (secondary N) is 1. The zero-order valence-electron chi connectivity index (χ0n) is 13.3. The SMILES string of the molecule is CC[C@H](C)NC(=O)CSc1nnnn1-c1ccc(C)c(C)c1. The van der Waals surface area contributed by atoms with E-state index < -0.39 is 0 Å². The van der Waals surface area contributed by atoms with Gasteiger partial charge in [-0.15, -0.1) is 5.10 Å². The summed E-state index contributed by atoms with van der Waals surface area (Å²) in [6.07, 6.45) is 0.913. The number of aryl methyl sites for hydroxylation is 2. The van der Waals surface area contributed by atoms with Gasteiger partial charge in [0.05, 0.1) is 11.4 Å². The number of thioether (sulfide) groups is 1. The molecular formula is C15H21N5OS. The predicted octanol–water partition coefficient (Wildman–Crippen LogP) is 2.29. The molecule has 1 atom stereocenters. The van der Waals surface area contributed by atoms with E-state index in [0.29, 0.717) is 10.9 Å². The summed E-state index contributed by atoms with van der Waals surface area (Å²) in [4.78, 5) is 11.8. The van der Waals surface area contributed by atoms with Crippen LogP contribution in [0.5, 0.6) is 0 Å². The molecule has 0 bridgehead atoms. The smallest absolute Gasteiger partial charge is 0.230 e. The Kier molecular flexibility index (Phi) is 5.54. The Morgan fingerprint density at radius 1 is 1.36 bits per heavy atom. The minimum atomic E-state index is -0.00557. The van der Waals surface area contributed by atoms with E-state index in [9.17, 15) is 4.79 Å². The quantitative estimate of drug-likeness (QED) is 0.827. The lowest BCUT2D eigenvalue weighted by Gasteiger charge is -2.11. The number of carbonyl (C=O) groups excluding carboxylic acids is 1. The van der Waals surface area contributed by atoms with E-state index in [4.69, 9.17) is 0 Å². The van der Waals surface area contributed by atoms with Crippen LogP contribution in [0.4, 0.5) is 0 Å². The highest BCUT2D eigenvalue weighted by Gasteiger charge is 2.13. The Morgan fingerprint density at radius 3 is 2.82 bits per heavy atom. The Bertz CT molecular complexity index is 655. The summed E-state index contributed by atoms with van der Waals surface area (Å²) in [7, 11) is 0. The second-order valence-corrected chi connectivity index (χ2v) is 6.25. The third kappa shape index (κ3) is 4.07. The lowest BCUT2D eigenvalue weighted by atomic mass is 10.1. The van der Waals surface area contributed by atoms with Crippen LogP contribution < -0.4 is 5.32 Å². The maximum atomic E-state index is 11.8. The first-order chi connectivity index (χ1) is 10.5. The van der Waals surface area contributed by atoms with Crippen LogP contribution in [0.15, 0.2) is 23.4 Å². The monoisotopic (exact) mass is 319 g/mol. The van der Waals surface area contributed by atoms with Crippen molar-refractivity contribution in [1.29, 1.82) is 0 Å². The molecule has 0 unspecified atom stereocenters. The van der Waals surface area contributed by atoms with Gasteiger partial charge in [-0.05, 0) is 60.9 Å². The summed E-state index contributed by atoms with van der Waals surface area (Å²) in [6.45, 7) is 8.14. The molecule has 0 aliphatic carbocycles. The molecule has 118 valence electrons. The zero-order valence-corrected chi connectivity index (χ0v) is 14.1. The first-order valence-electron chi connectivity index (χ1n) is 7.29. The van der Waals surface area contributed by atoms with Crippen molar-refractivity contribution in [2.24, 2.45) is 0 Å². The van der Waals surface area contributed by atoms with Crippen molar-refractivity contribution in [3.05, 3.63) is 29.3 Å². The second-order valence-electron chi connectivity index (χ2n) is 5.31. The highest BCUT2D eigenvalue weighted by atomic mass is 32.2. The number of aromatic nitrogens is 4. The average Bonchev–Trinajstić information content (AvgIpc) is 2.96. The second kappa shape index (κ2) is 7.40. The summed E-state index contributed by atoms with van der Waals surface area (Å²) in [5.41, 5.74) is 3.30. The van der Waals surface area contributed by atoms with Gasteiger partial charge in [0.25, 0.3) is 0 Å². The molecule has 0 spiro atoms. The Hall–Kier alpha value is -1.89. The van der Waals surface area contributed by atoms with Gasteiger partial charge in [-0.2, -0.15) is 4.68 Å². The molecule has 1 amide bonds. The van der Waals surface area contributed by atoms with E-state index in [1.54, 1.807) is 4.68 Å². The van der Waals surface area contributed by atoms with Crippen molar-refractivity contribution < 1.29 is 4.79 Å². The van der Waals surface area contributed by atoms with Crippen LogP contribution in [0.2, 0.25) is 0 Å². The molecule has 22 heavy (non-hydrogen) atoms. The van der Waals surface area contributed by atoms with Crippen molar-refractivity contribution in [2.75, 3.05) is 5.75 Å². The maximum absolute atomic E-state index is 11.8. The molecule has 2 aromatic rings. The fraction of sp³-hybridized carbons (Fsp3) is 0.467. The van der Waals surface area contributed by atoms with Crippen LogP contribution in [-0.4, -0.2) is 37.9 Å². The van der Waals surface area contributed by atoms with Crippen LogP contribution in [0.3, 0.4) is 0 Å². The van der Waals surface area contributed by atoms with Gasteiger partial charge in [0.15, 0.2) is 0 Å². The molecule has 1 N–H and O–H groups in total. The van der Waals surface area contributed by atoms with Gasteiger partial charge < -0.3 is 5.32 Å². The number of carbonyl (C=O) groups is 1. The number of benzene rings is 1. The summed E-state index contributed by atoms with van der Waals surface area (Å²) >= 11 is 1.33. The van der Waals surface area contributed by atoms with Crippen LogP contribution >= 0.6 is 11.8 Å². The minimum Gasteiger partial charge on any atom is -0.353 e. The molecule has 1 aromatic heterocycles. The van der Waals surface area contributed by atoms with Gasteiger partial charge in [-0.3, -0.25) is 4.79 Å². The van der Waals surface area contributed by atoms with Gasteiger partial charge in [0.2, 0.25) is 11.1 Å². The normalized spacial score (nSPS) is 12.2. The van der Waals surface area contributed by atoms with Crippen molar-refractivity contribution >= 4 is 17.7 Å². The molecule has 0 saturated carbocycles. The van der Waals surface area contributed by atoms with Crippen molar-refractivity contribution in [1.82, 2.24) is 25.5 Å². The molecule has 0 aliphatic heterocycles. The van der Waals surface area contributed by atoms with Crippen molar-refractivity contribution in [3.63, 3.8) is 0 Å². The molecular weight excluding hydrogens is 298 g/mol. The van der Waals surface area contributed by atoms with Crippen LogP contribution in [-0.2, 0) is 4.79 Å². The summed E-state index contributed by atoms with van der Waals surface area (Å²) in [6, 6.07) is 6.23. The summed E-state index contributed by atoms with van der Waals surface area (Å²) in [5, 5.41) is 15.3. The fourth-order valence-electron chi connectivity index (χ4n) is 1.84. The van der Waals surface area contributed by atoms with E-state index >= 15 is 0 Å². The lowest BCUT2D eigenvalue weighted by Crippen LogP contribution is -2.33. The van der Waals surface area contributed by atoms with E-state index in [0.717, 1.165) is 12.1 Å². The van der Waals surface area contributed by atoms with E-state index in [1.165, 1.54) is 22.9 Å². The van der Waals surface area contributed by atoms with Crippen LogP contribution in [0.25, 0.3) is 5.69 Å². The highest BCUT2D eigenvalue weighted by Crippen LogP contribution is 2.19. The highest BCUT2D eigenvalue weighted by molar-refractivity contribution is 7.99. The first-order valence-corrected chi connectivity index (χ1v) is 8.28. The topological polar surface area (TPSA) is 72.7 Å². The molecule has 6 nitrogen and oxygen atoms in total. The molecule has 2 rings (SSSR count). The van der Waals surface area contributed by atoms with E-state index in [-0.39, 0.29) is 11.9 Å². The van der Waals surface area contributed by atoms with Gasteiger partial charge in [0, 0.05) is 6.04 Å². The number of hydrogen-bond acceptors (Lipinski definition) is 5. The largest absolute Gasteiger partial charge is 0.353 e. The van der Waals surface area contributed by atoms with Gasteiger partial charge in [-0.25, -0.2) is 0 Å². The Balaban J connectivity index is 2.06. The molecule has 0 aliphatic rings. The van der Waals surface area contributed by atoms with E-state index in [1.807, 2.05) is 32.0 Å². The van der Waals surface area contributed by atoms with Crippen molar-refractivity contribution in [3.8, 4) is 5.69 Å². The van der Waals surface area contributed by atoms with Gasteiger partial charge in [0.1, 0.15) is 0 Å². The number of tetrazole rings is 1. The third-order valence-corrected chi connectivity index (χ3v) is 4.45. The van der Waals surface area contributed by atoms with Crippen LogP contribution in [0, 0.1) is 13.8 Å². The maximum Gasteiger partial charge on any atom is 0.230 e. The summed E-state index contributed by atoms with van der Waals surface area (Å²) < 4.78 is 1.66. The van der Waals surface area contributed by atoms with Gasteiger partial charge in [-0.1, -0.05) is 24.8 Å². The Labute approximate surface area is 134 Å². The van der Waals surface area contributed by atoms with Crippen LogP contribution in [0.1, 0.15) is 31.4 Å². The zero-order chi connectivity index (χ0) is 16.1. The molecule has 7 heteroatoms. The fourth-order valence-corrected chi connectivity index (χ4v) is 2.54. The molecule has 0 saturated heterocycles. The lowest BCUT2D eigenvalue weighted by molar-refractivity contribution is -0.119. The first kappa shape index (κ1) is 16.5. The minimum absolute atomic E-state index is 0.00557. The summed E-state index contributed by atoms with van der Waals surface area (Å²) in [5.74, 6) is 0.296. The third-order valence-electron chi connectivity index (χ3n) is 3.53. The molecule has 1 aromatic carbocycles. The molecule has 1 heterocycles. The number of amides is 1. The predicted molar refractivity (Wildman–Crippen MR) is 87.2 cm³/mol. The number of hydrogen-bond donors (Lipinski definition) is 1. The number of nitrogens with zero attached hydrogens (tertiary/aromatic N) is 4. The molecule has 0 fully saturated rings.